The van der Waals surface area contributed by atoms with Crippen LogP contribution in [0.5, 0.6) is 11.5 Å². The number of rotatable bonds is 7. The third kappa shape index (κ3) is 4.02. The molecule has 0 bridgehead atoms. The van der Waals surface area contributed by atoms with Gasteiger partial charge in [-0.25, -0.2) is 9.69 Å². The SMILES string of the molecule is COc1ccc(OC)c(C(C)NC(=O)CN2C(=O)C(=O)N(C(C)C)C2=O)c1. The molecule has 0 spiro atoms. The number of urea groups is 1. The molecule has 9 nitrogen and oxygen atoms in total. The molecule has 1 aliphatic rings. The van der Waals surface area contributed by atoms with Crippen molar-refractivity contribution in [3.8, 4) is 11.5 Å². The van der Waals surface area contributed by atoms with E-state index in [-0.39, 0.29) is 0 Å². The summed E-state index contributed by atoms with van der Waals surface area (Å²) in [5.41, 5.74) is 0.671. The van der Waals surface area contributed by atoms with Gasteiger partial charge in [-0.15, -0.1) is 0 Å². The quantitative estimate of drug-likeness (QED) is 0.563. The van der Waals surface area contributed by atoms with Gasteiger partial charge in [0.2, 0.25) is 5.91 Å². The summed E-state index contributed by atoms with van der Waals surface area (Å²) in [5, 5.41) is 2.70. The summed E-state index contributed by atoms with van der Waals surface area (Å²) in [7, 11) is 3.03. The lowest BCUT2D eigenvalue weighted by Crippen LogP contribution is -2.43. The minimum Gasteiger partial charge on any atom is -0.497 e. The number of benzene rings is 1. The second-order valence-electron chi connectivity index (χ2n) is 6.34. The summed E-state index contributed by atoms with van der Waals surface area (Å²) in [6.07, 6.45) is 0. The van der Waals surface area contributed by atoms with E-state index in [2.05, 4.69) is 5.32 Å². The van der Waals surface area contributed by atoms with Crippen LogP contribution in [0.1, 0.15) is 32.4 Å². The van der Waals surface area contributed by atoms with Gasteiger partial charge < -0.3 is 14.8 Å². The second kappa shape index (κ2) is 8.07. The molecule has 0 saturated carbocycles. The number of nitrogens with one attached hydrogen (secondary N) is 1. The first-order valence-electron chi connectivity index (χ1n) is 8.41. The summed E-state index contributed by atoms with van der Waals surface area (Å²) in [5.74, 6) is -1.36. The van der Waals surface area contributed by atoms with Crippen LogP contribution in [0.15, 0.2) is 18.2 Å². The number of carbonyl (C=O) groups excluding carboxylic acids is 4. The fraction of sp³-hybridized carbons (Fsp3) is 0.444. The average Bonchev–Trinajstić information content (AvgIpc) is 2.84. The van der Waals surface area contributed by atoms with Crippen molar-refractivity contribution in [2.75, 3.05) is 20.8 Å². The van der Waals surface area contributed by atoms with Crippen molar-refractivity contribution < 1.29 is 28.7 Å². The van der Waals surface area contributed by atoms with Crippen molar-refractivity contribution in [2.24, 2.45) is 0 Å². The first kappa shape index (κ1) is 20.2. The highest BCUT2D eigenvalue weighted by Gasteiger charge is 2.46. The first-order valence-corrected chi connectivity index (χ1v) is 8.41. The molecule has 27 heavy (non-hydrogen) atoms. The highest BCUT2D eigenvalue weighted by atomic mass is 16.5. The molecule has 1 atom stereocenters. The Hall–Kier alpha value is -3.10. The van der Waals surface area contributed by atoms with Crippen molar-refractivity contribution in [2.45, 2.75) is 32.9 Å². The Morgan fingerprint density at radius 2 is 1.74 bits per heavy atom. The molecule has 146 valence electrons. The van der Waals surface area contributed by atoms with Gasteiger partial charge in [0.1, 0.15) is 18.0 Å². The van der Waals surface area contributed by atoms with Crippen molar-refractivity contribution in [3.05, 3.63) is 23.8 Å². The summed E-state index contributed by atoms with van der Waals surface area (Å²) >= 11 is 0. The molecule has 9 heteroatoms. The molecule has 1 fully saturated rings. The maximum Gasteiger partial charge on any atom is 0.334 e. The van der Waals surface area contributed by atoms with Crippen LogP contribution in [0.2, 0.25) is 0 Å². The lowest BCUT2D eigenvalue weighted by Gasteiger charge is -2.20. The zero-order valence-electron chi connectivity index (χ0n) is 15.9. The lowest BCUT2D eigenvalue weighted by atomic mass is 10.1. The van der Waals surface area contributed by atoms with E-state index in [0.29, 0.717) is 22.0 Å². The number of nitrogens with zero attached hydrogens (tertiary/aromatic N) is 2. The van der Waals surface area contributed by atoms with Gasteiger partial charge in [-0.1, -0.05) is 0 Å². The lowest BCUT2D eigenvalue weighted by molar-refractivity contribution is -0.144. The summed E-state index contributed by atoms with van der Waals surface area (Å²) < 4.78 is 10.5. The monoisotopic (exact) mass is 377 g/mol. The van der Waals surface area contributed by atoms with Crippen LogP contribution in [0.25, 0.3) is 0 Å². The molecule has 1 unspecified atom stereocenters. The Balaban J connectivity index is 2.11. The van der Waals surface area contributed by atoms with E-state index in [4.69, 9.17) is 9.47 Å². The minimum atomic E-state index is -1.00. The number of hydrogen-bond donors (Lipinski definition) is 1. The number of methoxy groups -OCH3 is 2. The van der Waals surface area contributed by atoms with Crippen LogP contribution in [0.4, 0.5) is 4.79 Å². The average molecular weight is 377 g/mol. The highest BCUT2D eigenvalue weighted by Crippen LogP contribution is 2.29. The van der Waals surface area contributed by atoms with Gasteiger partial charge >= 0.3 is 17.8 Å². The number of amides is 5. The van der Waals surface area contributed by atoms with Gasteiger partial charge in [0, 0.05) is 11.6 Å². The standard InChI is InChI=1S/C18H23N3O6/c1-10(2)21-17(24)16(23)20(18(21)25)9-15(22)19-11(3)13-8-12(26-4)6-7-14(13)27-5/h6-8,10-11H,9H2,1-5H3,(H,19,22). The number of ether oxygens (including phenoxy) is 2. The zero-order chi connectivity index (χ0) is 20.3. The summed E-state index contributed by atoms with van der Waals surface area (Å²) in [4.78, 5) is 50.0. The van der Waals surface area contributed by atoms with Crippen LogP contribution in [-0.4, -0.2) is 60.4 Å². The fourth-order valence-corrected chi connectivity index (χ4v) is 2.80. The van der Waals surface area contributed by atoms with E-state index >= 15 is 0 Å². The van der Waals surface area contributed by atoms with E-state index in [1.54, 1.807) is 39.0 Å². The van der Waals surface area contributed by atoms with Crippen LogP contribution >= 0.6 is 0 Å². The Kier molecular flexibility index (Phi) is 6.04. The normalized spacial score (nSPS) is 15.4. The topological polar surface area (TPSA) is 105 Å². The van der Waals surface area contributed by atoms with Crippen LogP contribution in [-0.2, 0) is 14.4 Å². The predicted octanol–water partition coefficient (Wildman–Crippen LogP) is 1.08. The Labute approximate surface area is 157 Å². The first-order chi connectivity index (χ1) is 12.7. The van der Waals surface area contributed by atoms with Gasteiger partial charge in [0.25, 0.3) is 0 Å². The molecule has 1 aromatic rings. The van der Waals surface area contributed by atoms with E-state index in [1.807, 2.05) is 0 Å². The molecule has 2 rings (SSSR count). The molecule has 0 radical (unpaired) electrons. The summed E-state index contributed by atoms with van der Waals surface area (Å²) in [6.45, 7) is 4.42. The largest absolute Gasteiger partial charge is 0.497 e. The molecule has 1 aliphatic heterocycles. The highest BCUT2D eigenvalue weighted by molar-refractivity contribution is 6.45. The predicted molar refractivity (Wildman–Crippen MR) is 95.2 cm³/mol. The van der Waals surface area contributed by atoms with E-state index < -0.39 is 42.4 Å². The van der Waals surface area contributed by atoms with Gasteiger partial charge in [-0.3, -0.25) is 19.3 Å². The van der Waals surface area contributed by atoms with Gasteiger partial charge in [0.05, 0.1) is 20.3 Å². The molecule has 0 aromatic heterocycles. The van der Waals surface area contributed by atoms with Crippen molar-refractivity contribution >= 4 is 23.8 Å². The zero-order valence-corrected chi connectivity index (χ0v) is 15.9. The van der Waals surface area contributed by atoms with Crippen LogP contribution in [0, 0.1) is 0 Å². The van der Waals surface area contributed by atoms with E-state index in [0.717, 1.165) is 4.90 Å². The molecule has 1 saturated heterocycles. The third-order valence-corrected chi connectivity index (χ3v) is 4.18. The van der Waals surface area contributed by atoms with Crippen molar-refractivity contribution in [1.29, 1.82) is 0 Å². The van der Waals surface area contributed by atoms with Gasteiger partial charge in [-0.05, 0) is 39.0 Å². The molecule has 5 amide bonds. The number of hydrogen-bond acceptors (Lipinski definition) is 6. The summed E-state index contributed by atoms with van der Waals surface area (Å²) in [6, 6.07) is 3.42. The van der Waals surface area contributed by atoms with Gasteiger partial charge in [0.15, 0.2) is 0 Å². The maximum absolute atomic E-state index is 12.4. The van der Waals surface area contributed by atoms with Crippen LogP contribution < -0.4 is 14.8 Å². The Morgan fingerprint density at radius 3 is 2.26 bits per heavy atom. The van der Waals surface area contributed by atoms with Crippen molar-refractivity contribution in [3.63, 3.8) is 0 Å². The minimum absolute atomic E-state index is 0.470. The number of carbonyl (C=O) groups is 4. The molecular formula is C18H23N3O6. The fourth-order valence-electron chi connectivity index (χ4n) is 2.80. The van der Waals surface area contributed by atoms with Crippen molar-refractivity contribution in [1.82, 2.24) is 15.1 Å². The molecule has 1 aromatic carbocycles. The molecular weight excluding hydrogens is 354 g/mol. The second-order valence-corrected chi connectivity index (χ2v) is 6.34. The van der Waals surface area contributed by atoms with Crippen LogP contribution in [0.3, 0.4) is 0 Å². The van der Waals surface area contributed by atoms with E-state index in [1.165, 1.54) is 14.2 Å². The Bertz CT molecular complexity index is 776. The third-order valence-electron chi connectivity index (χ3n) is 4.18. The van der Waals surface area contributed by atoms with Gasteiger partial charge in [-0.2, -0.15) is 0 Å². The maximum atomic E-state index is 12.4. The molecule has 1 heterocycles. The number of imide groups is 2. The smallest absolute Gasteiger partial charge is 0.334 e. The van der Waals surface area contributed by atoms with E-state index in [9.17, 15) is 19.2 Å². The molecule has 1 N–H and O–H groups in total. The molecule has 0 aliphatic carbocycles. The Morgan fingerprint density at radius 1 is 1.07 bits per heavy atom.